The summed E-state index contributed by atoms with van der Waals surface area (Å²) in [7, 11) is 1.67. The summed E-state index contributed by atoms with van der Waals surface area (Å²) >= 11 is 1.69. The van der Waals surface area contributed by atoms with Gasteiger partial charge < -0.3 is 19.5 Å². The van der Waals surface area contributed by atoms with Crippen LogP contribution in [0.2, 0.25) is 0 Å². The third kappa shape index (κ3) is 5.11. The maximum atomic E-state index is 12.7. The van der Waals surface area contributed by atoms with Gasteiger partial charge >= 0.3 is 0 Å². The van der Waals surface area contributed by atoms with Gasteiger partial charge in [-0.2, -0.15) is 0 Å². The largest absolute Gasteiger partial charge is 0.496 e. The molecule has 7 heteroatoms. The molecule has 0 aliphatic carbocycles. The number of carbonyl (C=O) groups excluding carboxylic acids is 1. The van der Waals surface area contributed by atoms with E-state index in [1.165, 1.54) is 4.88 Å². The zero-order valence-electron chi connectivity index (χ0n) is 16.8. The Morgan fingerprint density at radius 3 is 2.80 bits per heavy atom. The van der Waals surface area contributed by atoms with Gasteiger partial charge in [-0.25, -0.2) is 0 Å². The van der Waals surface area contributed by atoms with Crippen LogP contribution < -0.4 is 19.5 Å². The van der Waals surface area contributed by atoms with Crippen molar-refractivity contribution in [1.29, 1.82) is 0 Å². The average molecular weight is 425 g/mol. The molecule has 30 heavy (non-hydrogen) atoms. The van der Waals surface area contributed by atoms with E-state index in [1.54, 1.807) is 18.4 Å². The molecular formula is C23H24N2O4S. The zero-order chi connectivity index (χ0) is 20.8. The lowest BCUT2D eigenvalue weighted by atomic mass is 10.2. The summed E-state index contributed by atoms with van der Waals surface area (Å²) in [5.74, 6) is 2.26. The highest BCUT2D eigenvalue weighted by Crippen LogP contribution is 2.32. The summed E-state index contributed by atoms with van der Waals surface area (Å²) in [5.41, 5.74) is 2.03. The molecule has 0 saturated heterocycles. The van der Waals surface area contributed by atoms with Gasteiger partial charge in [-0.15, -0.1) is 11.3 Å². The number of ether oxygens (including phenoxy) is 3. The number of nitrogens with one attached hydrogen (secondary N) is 1. The van der Waals surface area contributed by atoms with Crippen LogP contribution in [0, 0.1) is 0 Å². The Kier molecular flexibility index (Phi) is 6.51. The minimum absolute atomic E-state index is 0.0286. The molecule has 0 atom stereocenters. The molecule has 3 aromatic rings. The fourth-order valence-electron chi connectivity index (χ4n) is 3.38. The molecule has 6 nitrogen and oxygen atoms in total. The topological polar surface area (TPSA) is 60.0 Å². The molecule has 0 bridgehead atoms. The van der Waals surface area contributed by atoms with Crippen LogP contribution in [0.25, 0.3) is 0 Å². The SMILES string of the molecule is COc1ccccc1CN(CC(=O)NCc1ccc2c(c1)OCO2)Cc1cccs1. The second-order valence-corrected chi connectivity index (χ2v) is 8.03. The highest BCUT2D eigenvalue weighted by molar-refractivity contribution is 7.09. The van der Waals surface area contributed by atoms with E-state index in [0.717, 1.165) is 28.4 Å². The Morgan fingerprint density at radius 1 is 1.10 bits per heavy atom. The van der Waals surface area contributed by atoms with Crippen LogP contribution in [0.15, 0.2) is 60.0 Å². The first-order valence-corrected chi connectivity index (χ1v) is 10.6. The molecule has 1 aliphatic rings. The number of thiophene rings is 1. The van der Waals surface area contributed by atoms with Gasteiger partial charge in [0.25, 0.3) is 0 Å². The molecular weight excluding hydrogens is 400 g/mol. The number of hydrogen-bond donors (Lipinski definition) is 1. The maximum absolute atomic E-state index is 12.7. The number of hydrogen-bond acceptors (Lipinski definition) is 6. The molecule has 1 N–H and O–H groups in total. The third-order valence-corrected chi connectivity index (χ3v) is 5.70. The molecule has 0 saturated carbocycles. The van der Waals surface area contributed by atoms with E-state index in [4.69, 9.17) is 14.2 Å². The molecule has 0 fully saturated rings. The van der Waals surface area contributed by atoms with E-state index < -0.39 is 0 Å². The van der Waals surface area contributed by atoms with Crippen molar-refractivity contribution in [1.82, 2.24) is 10.2 Å². The molecule has 1 aromatic heterocycles. The third-order valence-electron chi connectivity index (χ3n) is 4.84. The molecule has 0 unspecified atom stereocenters. The number of methoxy groups -OCH3 is 1. The van der Waals surface area contributed by atoms with E-state index >= 15 is 0 Å². The van der Waals surface area contributed by atoms with Crippen molar-refractivity contribution in [2.24, 2.45) is 0 Å². The van der Waals surface area contributed by atoms with E-state index in [1.807, 2.05) is 48.5 Å². The molecule has 0 spiro atoms. The standard InChI is InChI=1S/C23H24N2O4S/c1-27-20-7-3-2-5-18(20)13-25(14-19-6-4-10-30-19)15-23(26)24-12-17-8-9-21-22(11-17)29-16-28-21/h2-11H,12-16H2,1H3,(H,24,26). The van der Waals surface area contributed by atoms with Crippen LogP contribution in [-0.2, 0) is 24.4 Å². The lowest BCUT2D eigenvalue weighted by Gasteiger charge is -2.22. The summed E-state index contributed by atoms with van der Waals surface area (Å²) in [6.07, 6.45) is 0. The predicted octanol–water partition coefficient (Wildman–Crippen LogP) is 3.80. The highest BCUT2D eigenvalue weighted by Gasteiger charge is 2.16. The molecule has 2 heterocycles. The Bertz CT molecular complexity index is 991. The molecule has 1 aliphatic heterocycles. The van der Waals surface area contributed by atoms with E-state index in [2.05, 4.69) is 21.7 Å². The number of fused-ring (bicyclic) bond motifs is 1. The minimum Gasteiger partial charge on any atom is -0.496 e. The summed E-state index contributed by atoms with van der Waals surface area (Å²) < 4.78 is 16.2. The Hall–Kier alpha value is -3.03. The van der Waals surface area contributed by atoms with Gasteiger partial charge in [0.05, 0.1) is 13.7 Å². The smallest absolute Gasteiger partial charge is 0.234 e. The first-order chi connectivity index (χ1) is 14.7. The van der Waals surface area contributed by atoms with Gasteiger partial charge in [-0.1, -0.05) is 30.3 Å². The fraction of sp³-hybridized carbons (Fsp3) is 0.261. The molecule has 156 valence electrons. The van der Waals surface area contributed by atoms with Gasteiger partial charge in [-0.05, 0) is 35.2 Å². The molecule has 2 aromatic carbocycles. The molecule has 0 radical (unpaired) electrons. The monoisotopic (exact) mass is 424 g/mol. The van der Waals surface area contributed by atoms with Gasteiger partial charge in [0.2, 0.25) is 12.7 Å². The first kappa shape index (κ1) is 20.3. The van der Waals surface area contributed by atoms with Crippen LogP contribution >= 0.6 is 11.3 Å². The summed E-state index contributed by atoms with van der Waals surface area (Å²) in [6.45, 7) is 2.30. The van der Waals surface area contributed by atoms with Gasteiger partial charge in [0.15, 0.2) is 11.5 Å². The number of para-hydroxylation sites is 1. The normalized spacial score (nSPS) is 12.2. The Balaban J connectivity index is 1.39. The van der Waals surface area contributed by atoms with Crippen LogP contribution in [0.4, 0.5) is 0 Å². The van der Waals surface area contributed by atoms with Gasteiger partial charge in [0, 0.05) is 30.1 Å². The first-order valence-electron chi connectivity index (χ1n) is 9.73. The molecule has 1 amide bonds. The maximum Gasteiger partial charge on any atom is 0.234 e. The number of carbonyl (C=O) groups is 1. The lowest BCUT2D eigenvalue weighted by Crippen LogP contribution is -2.36. The Labute approximate surface area is 180 Å². The minimum atomic E-state index is -0.0286. The second-order valence-electron chi connectivity index (χ2n) is 7.00. The Morgan fingerprint density at radius 2 is 1.97 bits per heavy atom. The summed E-state index contributed by atoms with van der Waals surface area (Å²) in [4.78, 5) is 16.0. The lowest BCUT2D eigenvalue weighted by molar-refractivity contribution is -0.122. The van der Waals surface area contributed by atoms with Crippen LogP contribution in [-0.4, -0.2) is 31.3 Å². The van der Waals surface area contributed by atoms with E-state index in [0.29, 0.717) is 26.2 Å². The van der Waals surface area contributed by atoms with Crippen molar-refractivity contribution >= 4 is 17.2 Å². The van der Waals surface area contributed by atoms with Crippen molar-refractivity contribution in [2.45, 2.75) is 19.6 Å². The van der Waals surface area contributed by atoms with E-state index in [9.17, 15) is 4.79 Å². The second kappa shape index (κ2) is 9.65. The summed E-state index contributed by atoms with van der Waals surface area (Å²) in [6, 6.07) is 17.7. The number of nitrogens with zero attached hydrogens (tertiary/aromatic N) is 1. The molecule has 4 rings (SSSR count). The predicted molar refractivity (Wildman–Crippen MR) is 116 cm³/mol. The highest BCUT2D eigenvalue weighted by atomic mass is 32.1. The zero-order valence-corrected chi connectivity index (χ0v) is 17.6. The van der Waals surface area contributed by atoms with Gasteiger partial charge in [-0.3, -0.25) is 9.69 Å². The van der Waals surface area contributed by atoms with Crippen molar-refractivity contribution < 1.29 is 19.0 Å². The van der Waals surface area contributed by atoms with Crippen LogP contribution in [0.3, 0.4) is 0 Å². The van der Waals surface area contributed by atoms with Crippen molar-refractivity contribution in [3.8, 4) is 17.2 Å². The average Bonchev–Trinajstić information content (AvgIpc) is 3.44. The summed E-state index contributed by atoms with van der Waals surface area (Å²) in [5, 5.41) is 5.06. The van der Waals surface area contributed by atoms with Crippen molar-refractivity contribution in [3.63, 3.8) is 0 Å². The number of rotatable bonds is 9. The number of amides is 1. The quantitative estimate of drug-likeness (QED) is 0.566. The van der Waals surface area contributed by atoms with Crippen molar-refractivity contribution in [2.75, 3.05) is 20.4 Å². The van der Waals surface area contributed by atoms with Crippen LogP contribution in [0.1, 0.15) is 16.0 Å². The number of benzene rings is 2. The van der Waals surface area contributed by atoms with Crippen LogP contribution in [0.5, 0.6) is 17.2 Å². The van der Waals surface area contributed by atoms with Gasteiger partial charge in [0.1, 0.15) is 5.75 Å². The fourth-order valence-corrected chi connectivity index (χ4v) is 4.12. The van der Waals surface area contributed by atoms with Crippen molar-refractivity contribution in [3.05, 3.63) is 76.0 Å². The van der Waals surface area contributed by atoms with E-state index in [-0.39, 0.29) is 12.7 Å².